The summed E-state index contributed by atoms with van der Waals surface area (Å²) in [5.74, 6) is 0.656. The van der Waals surface area contributed by atoms with Crippen LogP contribution in [0.25, 0.3) is 0 Å². The van der Waals surface area contributed by atoms with Gasteiger partial charge in [0, 0.05) is 6.61 Å². The van der Waals surface area contributed by atoms with Gasteiger partial charge in [-0.3, -0.25) is 4.79 Å². The van der Waals surface area contributed by atoms with Crippen molar-refractivity contribution in [2.24, 2.45) is 0 Å². The number of aldehydes is 1. The van der Waals surface area contributed by atoms with Crippen LogP contribution in [-0.4, -0.2) is 25.6 Å². The Kier molecular flexibility index (Phi) is 3.35. The Hall–Kier alpha value is -1.35. The van der Waals surface area contributed by atoms with Crippen molar-refractivity contribution in [2.45, 2.75) is 18.9 Å². The average molecular weight is 206 g/mol. The molecule has 15 heavy (non-hydrogen) atoms. The van der Waals surface area contributed by atoms with Gasteiger partial charge in [-0.05, 0) is 25.0 Å². The molecule has 1 heterocycles. The van der Waals surface area contributed by atoms with Crippen molar-refractivity contribution in [2.75, 3.05) is 13.2 Å². The second kappa shape index (κ2) is 4.94. The topological polar surface area (TPSA) is 35.5 Å². The molecule has 80 valence electrons. The summed E-state index contributed by atoms with van der Waals surface area (Å²) >= 11 is 0. The fourth-order valence-electron chi connectivity index (χ4n) is 1.67. The van der Waals surface area contributed by atoms with Gasteiger partial charge in [0.2, 0.25) is 0 Å². The Morgan fingerprint density at radius 3 is 3.00 bits per heavy atom. The van der Waals surface area contributed by atoms with Crippen LogP contribution < -0.4 is 4.74 Å². The van der Waals surface area contributed by atoms with Crippen molar-refractivity contribution in [1.29, 1.82) is 0 Å². The molecule has 0 radical (unpaired) electrons. The molecule has 0 spiro atoms. The molecule has 0 aromatic heterocycles. The van der Waals surface area contributed by atoms with Crippen molar-refractivity contribution >= 4 is 6.29 Å². The van der Waals surface area contributed by atoms with E-state index in [0.717, 1.165) is 25.7 Å². The molecule has 1 aromatic rings. The Morgan fingerprint density at radius 1 is 1.40 bits per heavy atom. The molecule has 1 aliphatic heterocycles. The van der Waals surface area contributed by atoms with Gasteiger partial charge in [0.05, 0.1) is 12.2 Å². The van der Waals surface area contributed by atoms with Crippen LogP contribution in [0.3, 0.4) is 0 Å². The van der Waals surface area contributed by atoms with Crippen molar-refractivity contribution in [1.82, 2.24) is 0 Å². The van der Waals surface area contributed by atoms with Crippen molar-refractivity contribution in [3.63, 3.8) is 0 Å². The first kappa shape index (κ1) is 10.2. The fourth-order valence-corrected chi connectivity index (χ4v) is 1.67. The number of ether oxygens (including phenoxy) is 2. The van der Waals surface area contributed by atoms with E-state index in [-0.39, 0.29) is 6.10 Å². The number of benzene rings is 1. The van der Waals surface area contributed by atoms with Gasteiger partial charge in [-0.15, -0.1) is 0 Å². The van der Waals surface area contributed by atoms with Gasteiger partial charge in [0.1, 0.15) is 11.9 Å². The summed E-state index contributed by atoms with van der Waals surface area (Å²) in [5, 5.41) is 0. The summed E-state index contributed by atoms with van der Waals surface area (Å²) in [6, 6.07) is 7.27. The van der Waals surface area contributed by atoms with E-state index < -0.39 is 0 Å². The van der Waals surface area contributed by atoms with Crippen LogP contribution in [0.15, 0.2) is 24.3 Å². The van der Waals surface area contributed by atoms with Crippen LogP contribution in [-0.2, 0) is 4.74 Å². The first-order chi connectivity index (χ1) is 7.40. The van der Waals surface area contributed by atoms with Crippen molar-refractivity contribution in [3.8, 4) is 5.75 Å². The van der Waals surface area contributed by atoms with Gasteiger partial charge >= 0.3 is 0 Å². The van der Waals surface area contributed by atoms with Crippen LogP contribution in [0.1, 0.15) is 23.2 Å². The molecule has 0 saturated carbocycles. The van der Waals surface area contributed by atoms with Gasteiger partial charge in [0.15, 0.2) is 6.29 Å². The highest BCUT2D eigenvalue weighted by Crippen LogP contribution is 2.20. The molecule has 1 unspecified atom stereocenters. The zero-order chi connectivity index (χ0) is 10.5. The lowest BCUT2D eigenvalue weighted by Crippen LogP contribution is -2.28. The van der Waals surface area contributed by atoms with E-state index in [2.05, 4.69) is 0 Å². The normalized spacial score (nSPS) is 20.9. The number of hydrogen-bond acceptors (Lipinski definition) is 3. The number of para-hydroxylation sites is 1. The highest BCUT2D eigenvalue weighted by molar-refractivity contribution is 5.79. The van der Waals surface area contributed by atoms with E-state index in [0.29, 0.717) is 17.9 Å². The zero-order valence-corrected chi connectivity index (χ0v) is 8.52. The number of rotatable bonds is 3. The molecule has 3 nitrogen and oxygen atoms in total. The number of hydrogen-bond donors (Lipinski definition) is 0. The molecule has 1 atom stereocenters. The highest BCUT2D eigenvalue weighted by atomic mass is 16.5. The summed E-state index contributed by atoms with van der Waals surface area (Å²) in [7, 11) is 0. The number of carbonyl (C=O) groups excluding carboxylic acids is 1. The van der Waals surface area contributed by atoms with Crippen LogP contribution >= 0.6 is 0 Å². The van der Waals surface area contributed by atoms with E-state index in [1.54, 1.807) is 6.07 Å². The second-order valence-corrected chi connectivity index (χ2v) is 3.61. The summed E-state index contributed by atoms with van der Waals surface area (Å²) in [6.07, 6.45) is 2.92. The van der Waals surface area contributed by atoms with E-state index in [1.807, 2.05) is 18.2 Å². The second-order valence-electron chi connectivity index (χ2n) is 3.61. The molecular formula is C12H14O3. The summed E-state index contributed by atoms with van der Waals surface area (Å²) in [4.78, 5) is 10.8. The standard InChI is InChI=1S/C12H14O3/c13-8-10-4-1-2-6-12(10)15-11-5-3-7-14-9-11/h1-2,4,6,8,11H,3,5,7,9H2. The lowest BCUT2D eigenvalue weighted by molar-refractivity contribution is 0.00720. The minimum atomic E-state index is 0.0832. The van der Waals surface area contributed by atoms with Crippen molar-refractivity contribution in [3.05, 3.63) is 29.8 Å². The predicted octanol–water partition coefficient (Wildman–Crippen LogP) is 2.06. The Morgan fingerprint density at radius 2 is 2.27 bits per heavy atom. The van der Waals surface area contributed by atoms with Gasteiger partial charge in [-0.2, -0.15) is 0 Å². The third kappa shape index (κ3) is 2.57. The van der Waals surface area contributed by atoms with Crippen LogP contribution in [0, 0.1) is 0 Å². The third-order valence-corrected chi connectivity index (χ3v) is 2.46. The van der Waals surface area contributed by atoms with Crippen LogP contribution in [0.4, 0.5) is 0 Å². The van der Waals surface area contributed by atoms with Gasteiger partial charge in [-0.1, -0.05) is 12.1 Å². The van der Waals surface area contributed by atoms with Gasteiger partial charge < -0.3 is 9.47 Å². The minimum Gasteiger partial charge on any atom is -0.487 e. The molecule has 1 aliphatic rings. The molecule has 0 amide bonds. The molecule has 1 aromatic carbocycles. The Labute approximate surface area is 89.0 Å². The number of carbonyl (C=O) groups is 1. The maximum Gasteiger partial charge on any atom is 0.153 e. The summed E-state index contributed by atoms with van der Waals surface area (Å²) < 4.78 is 11.0. The largest absolute Gasteiger partial charge is 0.487 e. The van der Waals surface area contributed by atoms with Crippen LogP contribution in [0.2, 0.25) is 0 Å². The summed E-state index contributed by atoms with van der Waals surface area (Å²) in [5.41, 5.74) is 0.600. The summed E-state index contributed by atoms with van der Waals surface area (Å²) in [6.45, 7) is 1.43. The molecule has 1 saturated heterocycles. The average Bonchev–Trinajstić information content (AvgIpc) is 2.31. The maximum atomic E-state index is 10.8. The third-order valence-electron chi connectivity index (χ3n) is 2.46. The fraction of sp³-hybridized carbons (Fsp3) is 0.417. The van der Waals surface area contributed by atoms with E-state index in [9.17, 15) is 4.79 Å². The van der Waals surface area contributed by atoms with E-state index >= 15 is 0 Å². The molecule has 2 rings (SSSR count). The first-order valence-electron chi connectivity index (χ1n) is 5.19. The SMILES string of the molecule is O=Cc1ccccc1OC1CCCOC1. The molecule has 3 heteroatoms. The lowest BCUT2D eigenvalue weighted by atomic mass is 10.1. The van der Waals surface area contributed by atoms with Gasteiger partial charge in [-0.25, -0.2) is 0 Å². The molecule has 1 fully saturated rings. The van der Waals surface area contributed by atoms with Crippen molar-refractivity contribution < 1.29 is 14.3 Å². The predicted molar refractivity (Wildman–Crippen MR) is 56.3 cm³/mol. The Bertz CT molecular complexity index is 329. The zero-order valence-electron chi connectivity index (χ0n) is 8.52. The molecular weight excluding hydrogens is 192 g/mol. The molecule has 0 N–H and O–H groups in total. The van der Waals surface area contributed by atoms with E-state index in [1.165, 1.54) is 0 Å². The molecule has 0 aliphatic carbocycles. The smallest absolute Gasteiger partial charge is 0.153 e. The monoisotopic (exact) mass is 206 g/mol. The maximum absolute atomic E-state index is 10.8. The first-order valence-corrected chi connectivity index (χ1v) is 5.19. The lowest BCUT2D eigenvalue weighted by Gasteiger charge is -2.23. The van der Waals surface area contributed by atoms with Gasteiger partial charge in [0.25, 0.3) is 0 Å². The van der Waals surface area contributed by atoms with Crippen LogP contribution in [0.5, 0.6) is 5.75 Å². The van der Waals surface area contributed by atoms with E-state index in [4.69, 9.17) is 9.47 Å². The minimum absolute atomic E-state index is 0.0832. The Balaban J connectivity index is 2.05. The molecule has 0 bridgehead atoms. The highest BCUT2D eigenvalue weighted by Gasteiger charge is 2.16. The quantitative estimate of drug-likeness (QED) is 0.710.